The van der Waals surface area contributed by atoms with E-state index in [0.717, 1.165) is 22.5 Å². The van der Waals surface area contributed by atoms with Gasteiger partial charge in [0.1, 0.15) is 0 Å². The number of benzene rings is 1. The maximum Gasteiger partial charge on any atom is 0.251 e. The van der Waals surface area contributed by atoms with E-state index in [2.05, 4.69) is 20.4 Å². The lowest BCUT2D eigenvalue weighted by molar-refractivity contribution is 0.0951. The van der Waals surface area contributed by atoms with Crippen LogP contribution in [0.1, 0.15) is 15.9 Å². The number of rotatable bonds is 5. The monoisotopic (exact) mass is 355 g/mol. The highest BCUT2D eigenvalue weighted by molar-refractivity contribution is 5.94. The Morgan fingerprint density at radius 1 is 0.963 bits per heavy atom. The van der Waals surface area contributed by atoms with Gasteiger partial charge in [0.25, 0.3) is 5.91 Å². The first-order valence-electron chi connectivity index (χ1n) is 8.54. The van der Waals surface area contributed by atoms with Gasteiger partial charge < -0.3 is 5.32 Å². The summed E-state index contributed by atoms with van der Waals surface area (Å²) in [6.45, 7) is 0.385. The summed E-state index contributed by atoms with van der Waals surface area (Å²) in [7, 11) is 0. The number of carbonyl (C=O) groups excluding carboxylic acids is 1. The first kappa shape index (κ1) is 16.7. The molecule has 0 radical (unpaired) electrons. The molecule has 0 fully saturated rings. The van der Waals surface area contributed by atoms with Gasteiger partial charge in [-0.25, -0.2) is 4.68 Å². The fraction of sp³-hybridized carbons (Fsp3) is 0.0476. The summed E-state index contributed by atoms with van der Waals surface area (Å²) < 4.78 is 1.72. The van der Waals surface area contributed by atoms with Crippen LogP contribution < -0.4 is 5.32 Å². The fourth-order valence-corrected chi connectivity index (χ4v) is 2.84. The van der Waals surface area contributed by atoms with Crippen molar-refractivity contribution in [3.8, 4) is 16.9 Å². The topological polar surface area (TPSA) is 72.7 Å². The number of aromatic nitrogens is 4. The van der Waals surface area contributed by atoms with Gasteiger partial charge in [0, 0.05) is 48.7 Å². The molecule has 6 nitrogen and oxygen atoms in total. The van der Waals surface area contributed by atoms with Crippen LogP contribution in [0.2, 0.25) is 0 Å². The van der Waals surface area contributed by atoms with E-state index >= 15 is 0 Å². The minimum absolute atomic E-state index is 0.145. The molecule has 3 aromatic heterocycles. The van der Waals surface area contributed by atoms with E-state index in [1.54, 1.807) is 35.5 Å². The van der Waals surface area contributed by atoms with Gasteiger partial charge in [0.15, 0.2) is 0 Å². The van der Waals surface area contributed by atoms with Gasteiger partial charge in [-0.3, -0.25) is 14.8 Å². The second-order valence-corrected chi connectivity index (χ2v) is 5.93. The van der Waals surface area contributed by atoms with Crippen LogP contribution in [0.5, 0.6) is 0 Å². The van der Waals surface area contributed by atoms with Gasteiger partial charge in [-0.2, -0.15) is 5.10 Å². The third-order valence-electron chi connectivity index (χ3n) is 4.16. The minimum Gasteiger partial charge on any atom is -0.348 e. The van der Waals surface area contributed by atoms with E-state index in [1.165, 1.54) is 0 Å². The third kappa shape index (κ3) is 3.74. The van der Waals surface area contributed by atoms with Crippen molar-refractivity contribution in [3.63, 3.8) is 0 Å². The Hall–Kier alpha value is -3.80. The van der Waals surface area contributed by atoms with Crippen molar-refractivity contribution in [2.75, 3.05) is 0 Å². The number of nitrogens with zero attached hydrogens (tertiary/aromatic N) is 4. The Bertz CT molecular complexity index is 1050. The van der Waals surface area contributed by atoms with Crippen LogP contribution in [0.4, 0.5) is 0 Å². The molecule has 4 aromatic rings. The lowest BCUT2D eigenvalue weighted by Gasteiger charge is -2.10. The SMILES string of the molecule is O=C(NCc1cccnc1-c1ccncc1)c1cccc(-n2cccn2)c1. The Kier molecular flexibility index (Phi) is 4.70. The molecule has 0 saturated heterocycles. The van der Waals surface area contributed by atoms with Gasteiger partial charge in [0.2, 0.25) is 0 Å². The van der Waals surface area contributed by atoms with Gasteiger partial charge in [-0.15, -0.1) is 0 Å². The Morgan fingerprint density at radius 2 is 1.85 bits per heavy atom. The average Bonchev–Trinajstić information content (AvgIpc) is 3.28. The van der Waals surface area contributed by atoms with Crippen LogP contribution in [-0.4, -0.2) is 25.7 Å². The first-order valence-corrected chi connectivity index (χ1v) is 8.54. The van der Waals surface area contributed by atoms with Gasteiger partial charge >= 0.3 is 0 Å². The Balaban J connectivity index is 1.52. The lowest BCUT2D eigenvalue weighted by atomic mass is 10.1. The maximum absolute atomic E-state index is 12.6. The normalized spacial score (nSPS) is 10.5. The number of nitrogens with one attached hydrogen (secondary N) is 1. The summed E-state index contributed by atoms with van der Waals surface area (Å²) in [6, 6.07) is 16.8. The zero-order valence-electron chi connectivity index (χ0n) is 14.5. The predicted molar refractivity (Wildman–Crippen MR) is 102 cm³/mol. The van der Waals surface area contributed by atoms with Crippen molar-refractivity contribution >= 4 is 5.91 Å². The highest BCUT2D eigenvalue weighted by atomic mass is 16.1. The molecule has 0 aliphatic heterocycles. The molecule has 0 aliphatic rings. The number of carbonyl (C=O) groups is 1. The third-order valence-corrected chi connectivity index (χ3v) is 4.16. The zero-order chi connectivity index (χ0) is 18.5. The van der Waals surface area contributed by atoms with Crippen LogP contribution in [0.3, 0.4) is 0 Å². The summed E-state index contributed by atoms with van der Waals surface area (Å²) in [4.78, 5) is 21.1. The molecule has 0 aliphatic carbocycles. The van der Waals surface area contributed by atoms with Gasteiger partial charge in [-0.1, -0.05) is 12.1 Å². The average molecular weight is 355 g/mol. The second-order valence-electron chi connectivity index (χ2n) is 5.93. The van der Waals surface area contributed by atoms with Gasteiger partial charge in [-0.05, 0) is 48.0 Å². The molecule has 0 unspecified atom stereocenters. The van der Waals surface area contributed by atoms with E-state index in [4.69, 9.17) is 0 Å². The largest absolute Gasteiger partial charge is 0.348 e. The molecule has 0 atom stereocenters. The maximum atomic E-state index is 12.6. The number of hydrogen-bond acceptors (Lipinski definition) is 4. The molecule has 1 amide bonds. The molecule has 1 aromatic carbocycles. The first-order chi connectivity index (χ1) is 13.3. The summed E-state index contributed by atoms with van der Waals surface area (Å²) >= 11 is 0. The summed E-state index contributed by atoms with van der Waals surface area (Å²) in [5.74, 6) is -0.145. The van der Waals surface area contributed by atoms with Crippen molar-refractivity contribution in [3.05, 3.63) is 96.7 Å². The molecule has 1 N–H and O–H groups in total. The molecule has 3 heterocycles. The van der Waals surface area contributed by atoms with Crippen molar-refractivity contribution in [2.24, 2.45) is 0 Å². The number of amides is 1. The standard InChI is InChI=1S/C21H17N5O/c27-21(17-4-1-6-19(14-17)26-13-3-10-25-26)24-15-18-5-2-9-23-20(18)16-7-11-22-12-8-16/h1-14H,15H2,(H,24,27). The van der Waals surface area contributed by atoms with E-state index in [0.29, 0.717) is 12.1 Å². The Morgan fingerprint density at radius 3 is 2.67 bits per heavy atom. The summed E-state index contributed by atoms with van der Waals surface area (Å²) in [6.07, 6.45) is 8.75. The van der Waals surface area contributed by atoms with Crippen molar-refractivity contribution in [1.29, 1.82) is 0 Å². The van der Waals surface area contributed by atoms with Crippen LogP contribution in [0.25, 0.3) is 16.9 Å². The quantitative estimate of drug-likeness (QED) is 0.596. The van der Waals surface area contributed by atoms with Crippen LogP contribution in [0, 0.1) is 0 Å². The summed E-state index contributed by atoms with van der Waals surface area (Å²) in [5.41, 5.74) is 4.17. The molecule has 6 heteroatoms. The van der Waals surface area contributed by atoms with Gasteiger partial charge in [0.05, 0.1) is 11.4 Å². The minimum atomic E-state index is -0.145. The smallest absolute Gasteiger partial charge is 0.251 e. The van der Waals surface area contributed by atoms with E-state index < -0.39 is 0 Å². The lowest BCUT2D eigenvalue weighted by Crippen LogP contribution is -2.23. The highest BCUT2D eigenvalue weighted by Crippen LogP contribution is 2.20. The fourth-order valence-electron chi connectivity index (χ4n) is 2.84. The zero-order valence-corrected chi connectivity index (χ0v) is 14.5. The molecule has 0 spiro atoms. The van der Waals surface area contributed by atoms with Crippen LogP contribution in [0.15, 0.2) is 85.6 Å². The summed E-state index contributed by atoms with van der Waals surface area (Å²) in [5, 5.41) is 7.17. The molecule has 0 bridgehead atoms. The molecular weight excluding hydrogens is 338 g/mol. The van der Waals surface area contributed by atoms with Crippen LogP contribution in [-0.2, 0) is 6.54 Å². The molecule has 27 heavy (non-hydrogen) atoms. The number of hydrogen-bond donors (Lipinski definition) is 1. The predicted octanol–water partition coefficient (Wildman–Crippen LogP) is 3.26. The molecule has 132 valence electrons. The second kappa shape index (κ2) is 7.61. The van der Waals surface area contributed by atoms with Crippen molar-refractivity contribution in [2.45, 2.75) is 6.54 Å². The van der Waals surface area contributed by atoms with Crippen LogP contribution >= 0.6 is 0 Å². The molecular formula is C21H17N5O. The molecule has 0 saturated carbocycles. The van der Waals surface area contributed by atoms with Crippen molar-refractivity contribution < 1.29 is 4.79 Å². The van der Waals surface area contributed by atoms with E-state index in [-0.39, 0.29) is 5.91 Å². The van der Waals surface area contributed by atoms with E-state index in [1.807, 2.05) is 54.7 Å². The Labute approximate surface area is 156 Å². The molecule has 4 rings (SSSR count). The highest BCUT2D eigenvalue weighted by Gasteiger charge is 2.10. The number of pyridine rings is 2. The van der Waals surface area contributed by atoms with Crippen molar-refractivity contribution in [1.82, 2.24) is 25.1 Å². The van der Waals surface area contributed by atoms with E-state index in [9.17, 15) is 4.79 Å².